The standard InChI is InChI=1S/C63H37N5O2/c1-2-16-38(17-3-1)61-64-62(40-18-14-19-41(36-40)67-50-26-9-4-20-43(50)44-21-5-10-27-51(44)67)66-63(65-61)48-25-15-31-57-58(48)49-37-39(32-35-56(49)69-57)42-33-34-54(60-59(42)47-24-8-13-30-55(47)70-60)68-52-28-11-6-22-45(52)46-23-7-12-29-53(46)68/h1-37H. The molecule has 7 heteroatoms. The molecule has 0 atom stereocenters. The molecule has 15 rings (SSSR count). The van der Waals surface area contributed by atoms with E-state index < -0.39 is 0 Å². The predicted octanol–water partition coefficient (Wildman–Crippen LogP) is 16.5. The Labute approximate surface area is 399 Å². The van der Waals surface area contributed by atoms with E-state index in [0.29, 0.717) is 17.5 Å². The summed E-state index contributed by atoms with van der Waals surface area (Å²) >= 11 is 0. The van der Waals surface area contributed by atoms with Crippen LogP contribution in [0, 0.1) is 0 Å². The van der Waals surface area contributed by atoms with E-state index in [1.165, 1.54) is 21.5 Å². The highest BCUT2D eigenvalue weighted by Gasteiger charge is 2.23. The van der Waals surface area contributed by atoms with Gasteiger partial charge in [0.05, 0.1) is 27.8 Å². The van der Waals surface area contributed by atoms with E-state index in [2.05, 4.69) is 185 Å². The van der Waals surface area contributed by atoms with Crippen molar-refractivity contribution in [3.8, 4) is 56.7 Å². The van der Waals surface area contributed by atoms with Crippen LogP contribution >= 0.6 is 0 Å². The molecule has 0 aliphatic rings. The van der Waals surface area contributed by atoms with Gasteiger partial charge in [0.25, 0.3) is 0 Å². The molecule has 0 aliphatic carbocycles. The highest BCUT2D eigenvalue weighted by Crippen LogP contribution is 2.45. The van der Waals surface area contributed by atoms with Gasteiger partial charge in [-0.25, -0.2) is 15.0 Å². The predicted molar refractivity (Wildman–Crippen MR) is 285 cm³/mol. The van der Waals surface area contributed by atoms with Crippen molar-refractivity contribution in [3.05, 3.63) is 224 Å². The van der Waals surface area contributed by atoms with Gasteiger partial charge in [0.2, 0.25) is 0 Å². The molecule has 70 heavy (non-hydrogen) atoms. The number of fused-ring (bicyclic) bond motifs is 12. The normalized spacial score (nSPS) is 12.0. The lowest BCUT2D eigenvalue weighted by molar-refractivity contribution is 0.666. The minimum Gasteiger partial charge on any atom is -0.456 e. The summed E-state index contributed by atoms with van der Waals surface area (Å²) in [5.74, 6) is 1.73. The number of hydrogen-bond donors (Lipinski definition) is 0. The molecule has 7 nitrogen and oxygen atoms in total. The van der Waals surface area contributed by atoms with Gasteiger partial charge in [0.15, 0.2) is 23.1 Å². The molecule has 0 radical (unpaired) electrons. The lowest BCUT2D eigenvalue weighted by Gasteiger charge is -2.12. The maximum atomic E-state index is 6.89. The lowest BCUT2D eigenvalue weighted by atomic mass is 9.96. The average molecular weight is 896 g/mol. The molecule has 0 saturated heterocycles. The topological polar surface area (TPSA) is 74.8 Å². The van der Waals surface area contributed by atoms with Crippen LogP contribution < -0.4 is 0 Å². The zero-order valence-corrected chi connectivity index (χ0v) is 37.4. The molecule has 0 amide bonds. The van der Waals surface area contributed by atoms with E-state index in [1.54, 1.807) is 0 Å². The second-order valence-corrected chi connectivity index (χ2v) is 17.9. The van der Waals surface area contributed by atoms with Crippen LogP contribution in [0.2, 0.25) is 0 Å². The monoisotopic (exact) mass is 895 g/mol. The maximum absolute atomic E-state index is 6.89. The molecule has 0 bridgehead atoms. The van der Waals surface area contributed by atoms with Crippen LogP contribution in [0.4, 0.5) is 0 Å². The van der Waals surface area contributed by atoms with Gasteiger partial charge < -0.3 is 18.0 Å². The molecule has 0 N–H and O–H groups in total. The Morgan fingerprint density at radius 1 is 0.300 bits per heavy atom. The summed E-state index contributed by atoms with van der Waals surface area (Å²) in [7, 11) is 0. The fourth-order valence-corrected chi connectivity index (χ4v) is 10.9. The lowest BCUT2D eigenvalue weighted by Crippen LogP contribution is -2.01. The number of aromatic nitrogens is 5. The average Bonchev–Trinajstić information content (AvgIpc) is 4.19. The van der Waals surface area contributed by atoms with Gasteiger partial charge in [-0.05, 0) is 77.9 Å². The summed E-state index contributed by atoms with van der Waals surface area (Å²) in [5, 5.41) is 8.83. The second kappa shape index (κ2) is 15.0. The Morgan fingerprint density at radius 3 is 1.54 bits per heavy atom. The van der Waals surface area contributed by atoms with E-state index in [4.69, 9.17) is 23.8 Å². The minimum absolute atomic E-state index is 0.559. The zero-order valence-electron chi connectivity index (χ0n) is 37.4. The first kappa shape index (κ1) is 38.5. The summed E-state index contributed by atoms with van der Waals surface area (Å²) < 4.78 is 18.2. The van der Waals surface area contributed by atoms with Crippen LogP contribution in [0.5, 0.6) is 0 Å². The van der Waals surface area contributed by atoms with Crippen molar-refractivity contribution < 1.29 is 8.83 Å². The van der Waals surface area contributed by atoms with E-state index in [0.717, 1.165) is 105 Å². The highest BCUT2D eigenvalue weighted by molar-refractivity contribution is 6.19. The Kier molecular flexibility index (Phi) is 8.23. The first-order valence-corrected chi connectivity index (χ1v) is 23.5. The fourth-order valence-electron chi connectivity index (χ4n) is 10.9. The summed E-state index contributed by atoms with van der Waals surface area (Å²) in [6, 6.07) is 78.4. The van der Waals surface area contributed by atoms with Crippen LogP contribution in [-0.4, -0.2) is 24.1 Å². The SMILES string of the molecule is c1ccc(-c2nc(-c3cccc(-n4c5ccccc5c5ccccc54)c3)nc(-c3cccc4oc5ccc(-c6ccc(-n7c8ccccc8c8ccccc87)c7oc8ccccc8c67)cc5c34)n2)cc1. The number of nitrogens with zero attached hydrogens (tertiary/aromatic N) is 5. The number of para-hydroxylation sites is 5. The molecule has 0 aliphatic heterocycles. The minimum atomic E-state index is 0.559. The van der Waals surface area contributed by atoms with E-state index in [9.17, 15) is 0 Å². The van der Waals surface area contributed by atoms with Crippen molar-refractivity contribution in [2.24, 2.45) is 0 Å². The summed E-state index contributed by atoms with van der Waals surface area (Å²) in [6.45, 7) is 0. The van der Waals surface area contributed by atoms with Gasteiger partial charge >= 0.3 is 0 Å². The van der Waals surface area contributed by atoms with Crippen LogP contribution in [-0.2, 0) is 0 Å². The van der Waals surface area contributed by atoms with Gasteiger partial charge in [-0.15, -0.1) is 0 Å². The Hall–Kier alpha value is -9.59. The van der Waals surface area contributed by atoms with Gasteiger partial charge in [0.1, 0.15) is 16.7 Å². The molecule has 10 aromatic carbocycles. The van der Waals surface area contributed by atoms with E-state index >= 15 is 0 Å². The number of hydrogen-bond acceptors (Lipinski definition) is 5. The third-order valence-corrected chi connectivity index (χ3v) is 14.0. The number of benzene rings is 10. The number of rotatable bonds is 6. The molecular weight excluding hydrogens is 859 g/mol. The van der Waals surface area contributed by atoms with Crippen molar-refractivity contribution in [1.82, 2.24) is 24.1 Å². The summed E-state index contributed by atoms with van der Waals surface area (Å²) in [5.41, 5.74) is 14.5. The van der Waals surface area contributed by atoms with Crippen LogP contribution in [0.15, 0.2) is 233 Å². The van der Waals surface area contributed by atoms with Crippen molar-refractivity contribution in [2.45, 2.75) is 0 Å². The molecule has 0 fully saturated rings. The Bertz CT molecular complexity index is 4510. The van der Waals surface area contributed by atoms with Gasteiger partial charge in [0, 0.05) is 65.5 Å². The van der Waals surface area contributed by atoms with Gasteiger partial charge in [-0.1, -0.05) is 158 Å². The van der Waals surface area contributed by atoms with Crippen LogP contribution in [0.1, 0.15) is 0 Å². The second-order valence-electron chi connectivity index (χ2n) is 17.9. The molecular formula is C63H37N5O2. The molecule has 0 spiro atoms. The van der Waals surface area contributed by atoms with Crippen molar-refractivity contribution in [3.63, 3.8) is 0 Å². The van der Waals surface area contributed by atoms with Crippen LogP contribution in [0.3, 0.4) is 0 Å². The molecule has 5 heterocycles. The highest BCUT2D eigenvalue weighted by atomic mass is 16.3. The Balaban J connectivity index is 0.924. The third kappa shape index (κ3) is 5.72. The van der Waals surface area contributed by atoms with E-state index in [-0.39, 0.29) is 0 Å². The first-order chi connectivity index (χ1) is 34.7. The third-order valence-electron chi connectivity index (χ3n) is 14.0. The summed E-state index contributed by atoms with van der Waals surface area (Å²) in [6.07, 6.45) is 0. The molecule has 5 aromatic heterocycles. The van der Waals surface area contributed by atoms with E-state index in [1.807, 2.05) is 48.5 Å². The maximum Gasteiger partial charge on any atom is 0.164 e. The molecule has 15 aromatic rings. The van der Waals surface area contributed by atoms with Crippen molar-refractivity contribution in [1.29, 1.82) is 0 Å². The number of furan rings is 2. The fraction of sp³-hybridized carbons (Fsp3) is 0. The molecule has 0 saturated carbocycles. The molecule has 326 valence electrons. The van der Waals surface area contributed by atoms with Crippen LogP contribution in [0.25, 0.3) is 144 Å². The first-order valence-electron chi connectivity index (χ1n) is 23.5. The largest absolute Gasteiger partial charge is 0.456 e. The smallest absolute Gasteiger partial charge is 0.164 e. The quantitative estimate of drug-likeness (QED) is 0.166. The van der Waals surface area contributed by atoms with Crippen molar-refractivity contribution in [2.75, 3.05) is 0 Å². The van der Waals surface area contributed by atoms with Crippen molar-refractivity contribution >= 4 is 87.5 Å². The Morgan fingerprint density at radius 2 is 0.843 bits per heavy atom. The van der Waals surface area contributed by atoms with Gasteiger partial charge in [-0.2, -0.15) is 0 Å². The molecule has 0 unspecified atom stereocenters. The van der Waals surface area contributed by atoms with Gasteiger partial charge in [-0.3, -0.25) is 0 Å². The zero-order chi connectivity index (χ0) is 45.9. The summed E-state index contributed by atoms with van der Waals surface area (Å²) in [4.78, 5) is 15.7.